The van der Waals surface area contributed by atoms with Crippen molar-refractivity contribution in [1.82, 2.24) is 10.2 Å². The zero-order chi connectivity index (χ0) is 17.1. The van der Waals surface area contributed by atoms with E-state index in [0.29, 0.717) is 22.2 Å². The standard InChI is InChI=1S/C18H24ClN3O2/c1-22(11-12-4-2-3-5-12)18(24)21-14-8-9-16(19)15(10-14)17(23)20-13-6-7-13/h8-10,12-13H,2-7,11H2,1H3,(H,20,23)(H,21,24). The summed E-state index contributed by atoms with van der Waals surface area (Å²) in [5.74, 6) is 0.420. The minimum atomic E-state index is -0.182. The molecule has 5 nitrogen and oxygen atoms in total. The van der Waals surface area contributed by atoms with E-state index in [-0.39, 0.29) is 18.0 Å². The van der Waals surface area contributed by atoms with Crippen molar-refractivity contribution in [2.45, 2.75) is 44.6 Å². The normalized spacial score (nSPS) is 17.6. The Morgan fingerprint density at radius 1 is 1.21 bits per heavy atom. The number of urea groups is 1. The van der Waals surface area contributed by atoms with Crippen molar-refractivity contribution in [2.75, 3.05) is 18.9 Å². The first-order chi connectivity index (χ1) is 11.5. The van der Waals surface area contributed by atoms with Crippen molar-refractivity contribution in [2.24, 2.45) is 5.92 Å². The molecule has 24 heavy (non-hydrogen) atoms. The maximum atomic E-state index is 12.3. The van der Waals surface area contributed by atoms with E-state index in [1.807, 2.05) is 7.05 Å². The molecule has 0 atom stereocenters. The summed E-state index contributed by atoms with van der Waals surface area (Å²) in [5, 5.41) is 6.17. The van der Waals surface area contributed by atoms with Crippen molar-refractivity contribution >= 4 is 29.2 Å². The minimum absolute atomic E-state index is 0.155. The predicted molar refractivity (Wildman–Crippen MR) is 95.5 cm³/mol. The molecule has 3 rings (SSSR count). The fraction of sp³-hybridized carbons (Fsp3) is 0.556. The molecule has 6 heteroatoms. The number of carbonyl (C=O) groups excluding carboxylic acids is 2. The van der Waals surface area contributed by atoms with Crippen LogP contribution in [-0.4, -0.2) is 36.5 Å². The number of nitrogens with zero attached hydrogens (tertiary/aromatic N) is 1. The van der Waals surface area contributed by atoms with Gasteiger partial charge in [0, 0.05) is 25.3 Å². The fourth-order valence-electron chi connectivity index (χ4n) is 3.15. The summed E-state index contributed by atoms with van der Waals surface area (Å²) < 4.78 is 0. The van der Waals surface area contributed by atoms with Gasteiger partial charge in [-0.2, -0.15) is 0 Å². The second kappa shape index (κ2) is 7.43. The number of carbonyl (C=O) groups is 2. The highest BCUT2D eigenvalue weighted by Gasteiger charge is 2.25. The largest absolute Gasteiger partial charge is 0.349 e. The number of benzene rings is 1. The lowest BCUT2D eigenvalue weighted by Crippen LogP contribution is -2.34. The van der Waals surface area contributed by atoms with Crippen LogP contribution in [0.4, 0.5) is 10.5 Å². The second-order valence-electron chi connectivity index (χ2n) is 6.90. The van der Waals surface area contributed by atoms with Crippen LogP contribution in [0.1, 0.15) is 48.9 Å². The van der Waals surface area contributed by atoms with Crippen molar-refractivity contribution in [3.63, 3.8) is 0 Å². The average molecular weight is 350 g/mol. The van der Waals surface area contributed by atoms with Gasteiger partial charge in [0.15, 0.2) is 0 Å². The predicted octanol–water partition coefficient (Wildman–Crippen LogP) is 3.89. The molecule has 2 aliphatic carbocycles. The zero-order valence-electron chi connectivity index (χ0n) is 14.0. The number of halogens is 1. The molecule has 0 saturated heterocycles. The molecular weight excluding hydrogens is 326 g/mol. The van der Waals surface area contributed by atoms with E-state index < -0.39 is 0 Å². The van der Waals surface area contributed by atoms with Crippen LogP contribution in [-0.2, 0) is 0 Å². The first-order valence-corrected chi connectivity index (χ1v) is 9.03. The van der Waals surface area contributed by atoms with E-state index in [1.165, 1.54) is 25.7 Å². The zero-order valence-corrected chi connectivity index (χ0v) is 14.7. The van der Waals surface area contributed by atoms with Gasteiger partial charge in [0.05, 0.1) is 10.6 Å². The summed E-state index contributed by atoms with van der Waals surface area (Å²) in [7, 11) is 1.81. The van der Waals surface area contributed by atoms with Crippen molar-refractivity contribution in [1.29, 1.82) is 0 Å². The van der Waals surface area contributed by atoms with Crippen molar-refractivity contribution < 1.29 is 9.59 Å². The molecule has 0 unspecified atom stereocenters. The number of amides is 3. The van der Waals surface area contributed by atoms with Crippen LogP contribution in [0.2, 0.25) is 5.02 Å². The average Bonchev–Trinajstić information content (AvgIpc) is 3.22. The molecule has 0 spiro atoms. The highest BCUT2D eigenvalue weighted by atomic mass is 35.5. The summed E-state index contributed by atoms with van der Waals surface area (Å²) in [6, 6.07) is 5.12. The van der Waals surface area contributed by atoms with Gasteiger partial charge in [-0.1, -0.05) is 24.4 Å². The molecule has 1 aromatic rings. The summed E-state index contributed by atoms with van der Waals surface area (Å²) in [4.78, 5) is 26.3. The number of rotatable bonds is 5. The van der Waals surface area contributed by atoms with Gasteiger partial charge in [-0.3, -0.25) is 4.79 Å². The van der Waals surface area contributed by atoms with Crippen molar-refractivity contribution in [3.05, 3.63) is 28.8 Å². The van der Waals surface area contributed by atoms with Gasteiger partial charge in [-0.25, -0.2) is 4.79 Å². The van der Waals surface area contributed by atoms with Gasteiger partial charge in [0.1, 0.15) is 0 Å². The van der Waals surface area contributed by atoms with Crippen LogP contribution >= 0.6 is 11.6 Å². The molecule has 2 fully saturated rings. The smallest absolute Gasteiger partial charge is 0.321 e. The first-order valence-electron chi connectivity index (χ1n) is 8.65. The molecule has 1 aromatic carbocycles. The summed E-state index contributed by atoms with van der Waals surface area (Å²) >= 11 is 6.12. The maximum Gasteiger partial charge on any atom is 0.321 e. The van der Waals surface area contributed by atoms with Crippen molar-refractivity contribution in [3.8, 4) is 0 Å². The van der Waals surface area contributed by atoms with E-state index >= 15 is 0 Å². The Morgan fingerprint density at radius 3 is 2.58 bits per heavy atom. The highest BCUT2D eigenvalue weighted by Crippen LogP contribution is 2.26. The molecule has 0 bridgehead atoms. The highest BCUT2D eigenvalue weighted by molar-refractivity contribution is 6.34. The molecule has 0 aromatic heterocycles. The SMILES string of the molecule is CN(CC1CCCC1)C(=O)Nc1ccc(Cl)c(C(=O)NC2CC2)c1. The molecule has 2 aliphatic rings. The summed E-state index contributed by atoms with van der Waals surface area (Å²) in [6.45, 7) is 0.772. The monoisotopic (exact) mass is 349 g/mol. The number of anilines is 1. The van der Waals surface area contributed by atoms with E-state index in [9.17, 15) is 9.59 Å². The lowest BCUT2D eigenvalue weighted by atomic mass is 10.1. The lowest BCUT2D eigenvalue weighted by Gasteiger charge is -2.21. The van der Waals surface area contributed by atoms with E-state index in [0.717, 1.165) is 19.4 Å². The third-order valence-electron chi connectivity index (χ3n) is 4.73. The van der Waals surface area contributed by atoms with Crippen LogP contribution in [0.25, 0.3) is 0 Å². The minimum Gasteiger partial charge on any atom is -0.349 e. The third-order valence-corrected chi connectivity index (χ3v) is 5.06. The number of hydrogen-bond donors (Lipinski definition) is 2. The summed E-state index contributed by atoms with van der Waals surface area (Å²) in [5.41, 5.74) is 0.989. The molecule has 0 aliphatic heterocycles. The van der Waals surface area contributed by atoms with Crippen LogP contribution in [0.3, 0.4) is 0 Å². The molecule has 3 amide bonds. The Kier molecular flexibility index (Phi) is 5.29. The molecular formula is C18H24ClN3O2. The van der Waals surface area contributed by atoms with Crippen LogP contribution in [0.15, 0.2) is 18.2 Å². The summed E-state index contributed by atoms with van der Waals surface area (Å²) in [6.07, 6.45) is 6.96. The quantitative estimate of drug-likeness (QED) is 0.847. The third kappa shape index (κ3) is 4.41. The van der Waals surface area contributed by atoms with Gasteiger partial charge in [0.25, 0.3) is 5.91 Å². The van der Waals surface area contributed by atoms with Crippen LogP contribution < -0.4 is 10.6 Å². The topological polar surface area (TPSA) is 61.4 Å². The Morgan fingerprint density at radius 2 is 1.92 bits per heavy atom. The van der Waals surface area contributed by atoms with E-state index in [4.69, 9.17) is 11.6 Å². The molecule has 2 N–H and O–H groups in total. The van der Waals surface area contributed by atoms with Gasteiger partial charge in [0.2, 0.25) is 0 Å². The van der Waals surface area contributed by atoms with Crippen LogP contribution in [0.5, 0.6) is 0 Å². The Balaban J connectivity index is 1.61. The van der Waals surface area contributed by atoms with E-state index in [1.54, 1.807) is 23.1 Å². The molecule has 0 radical (unpaired) electrons. The van der Waals surface area contributed by atoms with Gasteiger partial charge in [-0.05, 0) is 49.8 Å². The Bertz CT molecular complexity index is 625. The number of hydrogen-bond acceptors (Lipinski definition) is 2. The van der Waals surface area contributed by atoms with Gasteiger partial charge >= 0.3 is 6.03 Å². The Hall–Kier alpha value is -1.75. The lowest BCUT2D eigenvalue weighted by molar-refractivity contribution is 0.0951. The number of nitrogens with one attached hydrogen (secondary N) is 2. The Labute approximate surface area is 147 Å². The van der Waals surface area contributed by atoms with E-state index in [2.05, 4.69) is 10.6 Å². The molecule has 0 heterocycles. The molecule has 2 saturated carbocycles. The van der Waals surface area contributed by atoms with Crippen LogP contribution in [0, 0.1) is 5.92 Å². The first kappa shape index (κ1) is 17.1. The van der Waals surface area contributed by atoms with Gasteiger partial charge in [-0.15, -0.1) is 0 Å². The van der Waals surface area contributed by atoms with Gasteiger partial charge < -0.3 is 15.5 Å². The second-order valence-corrected chi connectivity index (χ2v) is 7.31. The maximum absolute atomic E-state index is 12.3. The fourth-order valence-corrected chi connectivity index (χ4v) is 3.35. The molecule has 130 valence electrons.